The molecule has 7 aromatic rings. The number of halogens is 3. The molecule has 0 bridgehead atoms. The molecule has 0 spiro atoms. The number of aliphatic imine (C=N–C) groups is 1. The summed E-state index contributed by atoms with van der Waals surface area (Å²) in [6.45, 7) is 18.0. The summed E-state index contributed by atoms with van der Waals surface area (Å²) in [4.78, 5) is 78.9. The Labute approximate surface area is 521 Å². The average molecular weight is 1360 g/mol. The molecule has 450 valence electrons. The molecule has 23 heteroatoms. The van der Waals surface area contributed by atoms with Crippen LogP contribution in [0.25, 0.3) is 6.08 Å². The minimum Gasteiger partial charge on any atom is -0.444 e. The number of aromatic nitrogens is 5. The van der Waals surface area contributed by atoms with Crippen LogP contribution in [0, 0.1) is 10.1 Å². The fourth-order valence-electron chi connectivity index (χ4n) is 6.55. The molecule has 5 N–H and O–H groups in total. The molecule has 5 aromatic heterocycles. The lowest BCUT2D eigenvalue weighted by molar-refractivity contribution is -0.400. The summed E-state index contributed by atoms with van der Waals surface area (Å²) in [5.74, 6) is 0. The number of hydrogen-bond donors (Lipinski definition) is 4. The molecule has 0 atom stereocenters. The Hall–Kier alpha value is -8.28. The number of hydrogen-bond acceptors (Lipinski definition) is 16. The molecule has 3 amide bonds. The second kappa shape index (κ2) is 37.1. The van der Waals surface area contributed by atoms with Crippen LogP contribution < -0.4 is 21.7 Å². The number of nitro groups is 1. The molecule has 5 heterocycles. The highest BCUT2D eigenvalue weighted by atomic mass is 79.9. The molecular weight excluding hydrogens is 1280 g/mol. The van der Waals surface area contributed by atoms with Crippen LogP contribution >= 0.6 is 47.8 Å². The van der Waals surface area contributed by atoms with Gasteiger partial charge in [0.15, 0.2) is 6.29 Å². The first-order valence-electron chi connectivity index (χ1n) is 26.5. The van der Waals surface area contributed by atoms with Crippen molar-refractivity contribution in [2.75, 3.05) is 25.4 Å². The van der Waals surface area contributed by atoms with Crippen LogP contribution in [0.2, 0.25) is 0 Å². The zero-order chi connectivity index (χ0) is 62.8. The number of rotatable bonds is 15. The number of nitrogens with zero attached hydrogens (tertiary/aromatic N) is 7. The highest BCUT2D eigenvalue weighted by Gasteiger charge is 2.18. The van der Waals surface area contributed by atoms with Crippen LogP contribution in [0.5, 0.6) is 0 Å². The van der Waals surface area contributed by atoms with E-state index in [4.69, 9.17) is 24.9 Å². The van der Waals surface area contributed by atoms with Crippen molar-refractivity contribution in [3.05, 3.63) is 222 Å². The number of pyridine rings is 5. The average Bonchev–Trinajstić information content (AvgIpc) is 3.64. The van der Waals surface area contributed by atoms with E-state index in [2.05, 4.69) is 88.7 Å². The molecule has 0 saturated carbocycles. The van der Waals surface area contributed by atoms with Crippen molar-refractivity contribution in [2.45, 2.75) is 98.4 Å². The third kappa shape index (κ3) is 34.2. The number of nitrogen functional groups attached to an aromatic ring is 1. The summed E-state index contributed by atoms with van der Waals surface area (Å²) >= 11 is 9.73. The van der Waals surface area contributed by atoms with Gasteiger partial charge in [-0.25, -0.2) is 19.4 Å². The van der Waals surface area contributed by atoms with Crippen molar-refractivity contribution >= 4 is 95.5 Å². The first-order chi connectivity index (χ1) is 40.1. The minimum absolute atomic E-state index is 0.388. The first-order valence-corrected chi connectivity index (χ1v) is 28.8. The zero-order valence-corrected chi connectivity index (χ0v) is 53.7. The maximum absolute atomic E-state index is 11.8. The van der Waals surface area contributed by atoms with Crippen LogP contribution in [0.3, 0.4) is 0 Å². The quantitative estimate of drug-likeness (QED) is 0.0244. The number of nitrogens with one attached hydrogen (secondary N) is 3. The van der Waals surface area contributed by atoms with E-state index in [9.17, 15) is 29.3 Å². The van der Waals surface area contributed by atoms with Gasteiger partial charge in [-0.1, -0.05) is 60.7 Å². The highest BCUT2D eigenvalue weighted by molar-refractivity contribution is 9.11. The molecule has 0 fully saturated rings. The maximum Gasteiger partial charge on any atom is 0.407 e. The fraction of sp³-hybridized carbons (Fsp3) is 0.290. The Bertz CT molecular complexity index is 3150. The van der Waals surface area contributed by atoms with Crippen LogP contribution in [0.15, 0.2) is 178 Å². The standard InChI is InChI=1S/C25H27N3O2.C12H17BrN2O2.C12H19N3O2.C7H5BrN2O2.C6H4BrNO/c1-25(2,3)30-24(29)27-15-14-19-16-22(18-26-17-19)28-23(20-10-6-4-7-11-20)21-12-8-5-9-13-21;2*1-12(2,3)17-11(16)15-5-4-9-6-10(13)8-14-7-9;8-7-3-6(4-9-5-7)1-2-10(11)12;7-6-1-5(4-9)2-8-3-6/h4-13,16-18H,14-15H2,1-3H3,(H,27,29);6-8H,4-5H2,1-3H3,(H,15,16);6-8H,4-5,13H2,1-3H3,(H,15,16);1-5H;1-4H/b;;;2-1+;. The predicted molar refractivity (Wildman–Crippen MR) is 342 cm³/mol. The lowest BCUT2D eigenvalue weighted by Gasteiger charge is -2.19. The molecule has 20 nitrogen and oxygen atoms in total. The van der Waals surface area contributed by atoms with Gasteiger partial charge in [0.1, 0.15) is 16.8 Å². The SMILES string of the molecule is CC(C)(C)OC(=O)NCCc1cncc(Br)c1.CC(C)(C)OC(=O)NCCc1cncc(N)c1.CC(C)(C)OC(=O)NCCc1cncc(N=C(c2ccccc2)c2ccccc2)c1.O=Cc1cncc(Br)c1.O=[N+]([O-])/C=C/c1cncc(Br)c1. The van der Waals surface area contributed by atoms with Crippen LogP contribution in [-0.2, 0) is 33.5 Å². The normalized spacial score (nSPS) is 10.7. The van der Waals surface area contributed by atoms with Gasteiger partial charge in [-0.05, 0) is 176 Å². The Morgan fingerprint density at radius 2 is 0.918 bits per heavy atom. The van der Waals surface area contributed by atoms with E-state index in [0.717, 1.165) is 71.5 Å². The number of amides is 3. The van der Waals surface area contributed by atoms with Gasteiger partial charge >= 0.3 is 18.3 Å². The van der Waals surface area contributed by atoms with Crippen molar-refractivity contribution in [3.63, 3.8) is 0 Å². The molecule has 0 aliphatic heterocycles. The largest absolute Gasteiger partial charge is 0.444 e. The van der Waals surface area contributed by atoms with E-state index in [-0.39, 0.29) is 6.09 Å². The van der Waals surface area contributed by atoms with E-state index in [1.807, 2.05) is 141 Å². The maximum atomic E-state index is 11.8. The van der Waals surface area contributed by atoms with E-state index < -0.39 is 33.9 Å². The van der Waals surface area contributed by atoms with Crippen molar-refractivity contribution < 1.29 is 38.3 Å². The first kappa shape index (κ1) is 71.0. The Morgan fingerprint density at radius 3 is 1.31 bits per heavy atom. The molecule has 0 radical (unpaired) electrons. The smallest absolute Gasteiger partial charge is 0.407 e. The van der Waals surface area contributed by atoms with Gasteiger partial charge in [0, 0.05) is 117 Å². The molecule has 85 heavy (non-hydrogen) atoms. The monoisotopic (exact) mass is 1350 g/mol. The summed E-state index contributed by atoms with van der Waals surface area (Å²) in [6.07, 6.45) is 20.5. The number of alkyl carbamates (subject to hydrolysis) is 3. The minimum atomic E-state index is -0.513. The van der Waals surface area contributed by atoms with E-state index >= 15 is 0 Å². The molecule has 0 unspecified atom stereocenters. The Morgan fingerprint density at radius 1 is 0.541 bits per heavy atom. The summed E-state index contributed by atoms with van der Waals surface area (Å²) in [5, 5.41) is 18.1. The number of carbonyl (C=O) groups is 4. The number of aldehydes is 1. The Balaban J connectivity index is 0.000000297. The van der Waals surface area contributed by atoms with Gasteiger partial charge in [-0.2, -0.15) is 0 Å². The lowest BCUT2D eigenvalue weighted by Crippen LogP contribution is -2.33. The molecule has 0 aliphatic rings. The summed E-state index contributed by atoms with van der Waals surface area (Å²) in [7, 11) is 0. The lowest BCUT2D eigenvalue weighted by atomic mass is 10.0. The topological polar surface area (TPSA) is 278 Å². The molecule has 0 saturated heterocycles. The molecular formula is C62H72Br3N11O9. The van der Waals surface area contributed by atoms with Gasteiger partial charge in [0.2, 0.25) is 6.20 Å². The number of nitrogens with two attached hydrogens (primary N) is 1. The van der Waals surface area contributed by atoms with Gasteiger partial charge in [-0.15, -0.1) is 0 Å². The second-order valence-corrected chi connectivity index (χ2v) is 23.8. The molecule has 0 aliphatic carbocycles. The predicted octanol–water partition coefficient (Wildman–Crippen LogP) is 13.7. The third-order valence-corrected chi connectivity index (χ3v) is 11.2. The summed E-state index contributed by atoms with van der Waals surface area (Å²) < 4.78 is 18.1. The van der Waals surface area contributed by atoms with E-state index in [0.29, 0.717) is 49.3 Å². The fourth-order valence-corrected chi connectivity index (χ4v) is 7.73. The zero-order valence-electron chi connectivity index (χ0n) is 48.9. The van der Waals surface area contributed by atoms with Crippen LogP contribution in [-0.4, -0.2) is 96.6 Å². The van der Waals surface area contributed by atoms with E-state index in [1.165, 1.54) is 12.3 Å². The highest BCUT2D eigenvalue weighted by Crippen LogP contribution is 2.20. The van der Waals surface area contributed by atoms with Crippen molar-refractivity contribution in [1.82, 2.24) is 40.9 Å². The van der Waals surface area contributed by atoms with Crippen LogP contribution in [0.4, 0.5) is 25.8 Å². The summed E-state index contributed by atoms with van der Waals surface area (Å²) in [6, 6.07) is 29.5. The van der Waals surface area contributed by atoms with Crippen molar-refractivity contribution in [3.8, 4) is 0 Å². The van der Waals surface area contributed by atoms with Gasteiger partial charge in [-0.3, -0.25) is 39.8 Å². The third-order valence-electron chi connectivity index (χ3n) is 9.92. The van der Waals surface area contributed by atoms with Gasteiger partial charge < -0.3 is 35.9 Å². The van der Waals surface area contributed by atoms with Gasteiger partial charge in [0.25, 0.3) is 0 Å². The van der Waals surface area contributed by atoms with Crippen molar-refractivity contribution in [2.24, 2.45) is 4.99 Å². The summed E-state index contributed by atoms with van der Waals surface area (Å²) in [5.41, 5.74) is 12.9. The number of benzene rings is 2. The second-order valence-electron chi connectivity index (χ2n) is 21.0. The van der Waals surface area contributed by atoms with Crippen molar-refractivity contribution in [1.29, 1.82) is 0 Å². The number of anilines is 1. The van der Waals surface area contributed by atoms with Crippen LogP contribution in [0.1, 0.15) is 106 Å². The van der Waals surface area contributed by atoms with Gasteiger partial charge in [0.05, 0.1) is 28.2 Å². The molecule has 2 aromatic carbocycles. The number of carbonyl (C=O) groups excluding carboxylic acids is 4. The number of ether oxygens (including phenoxy) is 3. The van der Waals surface area contributed by atoms with E-state index in [1.54, 1.807) is 67.9 Å². The molecule has 7 rings (SSSR count). The Kier molecular flexibility index (Phi) is 31.0.